The van der Waals surface area contributed by atoms with E-state index >= 15 is 0 Å². The van der Waals surface area contributed by atoms with Crippen molar-refractivity contribution in [3.8, 4) is 23.7 Å². The summed E-state index contributed by atoms with van der Waals surface area (Å²) >= 11 is 0. The first-order chi connectivity index (χ1) is 17.5. The topological polar surface area (TPSA) is 44.8 Å². The van der Waals surface area contributed by atoms with Gasteiger partial charge >= 0.3 is 5.97 Å². The molecule has 0 aromatic heterocycles. The van der Waals surface area contributed by atoms with Crippen molar-refractivity contribution < 1.29 is 19.0 Å². The van der Waals surface area contributed by atoms with Crippen molar-refractivity contribution in [2.24, 2.45) is 11.8 Å². The quantitative estimate of drug-likeness (QED) is 0.112. The Morgan fingerprint density at radius 2 is 1.67 bits per heavy atom. The Balaban J connectivity index is 1.57. The summed E-state index contributed by atoms with van der Waals surface area (Å²) in [4.78, 5) is 11.3. The van der Waals surface area contributed by atoms with Crippen molar-refractivity contribution in [2.45, 2.75) is 46.1 Å². The first-order valence-electron chi connectivity index (χ1n) is 12.3. The standard InChI is InChI=1S/C32H34O4/c1-5-32(33)36-22-29-14-9-26(10-15-29)11-16-30-19-24(3)31(25(4)20-30)18-17-27-7-12-28(13-8-27)21-35-23-34-6-2/h5-8,12-13,19-20,26,29H,1-2,9-10,14-15,21-23H2,3-4H3. The molecule has 0 amide bonds. The number of carbonyl (C=O) groups excluding carboxylic acids is 1. The van der Waals surface area contributed by atoms with Crippen molar-refractivity contribution in [1.82, 2.24) is 0 Å². The van der Waals surface area contributed by atoms with Crippen LogP contribution in [0.2, 0.25) is 0 Å². The first kappa shape index (κ1) is 26.9. The fraction of sp³-hybridized carbons (Fsp3) is 0.344. The van der Waals surface area contributed by atoms with E-state index < -0.39 is 0 Å². The SMILES string of the molecule is C=COCOCc1ccc(C#Cc2c(C)cc(C#CC3CCC(COC(=O)C=C)CC3)cc2C)cc1. The average molecular weight is 483 g/mol. The van der Waals surface area contributed by atoms with Gasteiger partial charge in [0, 0.05) is 28.7 Å². The second kappa shape index (κ2) is 14.0. The molecule has 36 heavy (non-hydrogen) atoms. The van der Waals surface area contributed by atoms with Crippen LogP contribution in [0.25, 0.3) is 0 Å². The van der Waals surface area contributed by atoms with Crippen LogP contribution in [0.4, 0.5) is 0 Å². The van der Waals surface area contributed by atoms with Crippen LogP contribution in [-0.4, -0.2) is 19.4 Å². The van der Waals surface area contributed by atoms with Crippen LogP contribution in [0.1, 0.15) is 59.1 Å². The Morgan fingerprint density at radius 3 is 2.31 bits per heavy atom. The minimum Gasteiger partial charge on any atom is -0.476 e. The van der Waals surface area contributed by atoms with Crippen molar-refractivity contribution in [3.05, 3.63) is 95.3 Å². The molecule has 4 nitrogen and oxygen atoms in total. The number of aryl methyl sites for hydroxylation is 2. The van der Waals surface area contributed by atoms with Crippen LogP contribution in [-0.2, 0) is 25.6 Å². The second-order valence-electron chi connectivity index (χ2n) is 9.05. The van der Waals surface area contributed by atoms with E-state index in [4.69, 9.17) is 14.2 Å². The largest absolute Gasteiger partial charge is 0.476 e. The fourth-order valence-corrected chi connectivity index (χ4v) is 4.23. The van der Waals surface area contributed by atoms with Crippen molar-refractivity contribution in [3.63, 3.8) is 0 Å². The number of hydrogen-bond donors (Lipinski definition) is 0. The normalized spacial score (nSPS) is 16.5. The lowest BCUT2D eigenvalue weighted by molar-refractivity contribution is -0.139. The molecule has 4 heteroatoms. The lowest BCUT2D eigenvalue weighted by atomic mass is 9.82. The molecule has 0 bridgehead atoms. The van der Waals surface area contributed by atoms with Crippen LogP contribution in [0.5, 0.6) is 0 Å². The highest BCUT2D eigenvalue weighted by atomic mass is 16.7. The maximum Gasteiger partial charge on any atom is 0.330 e. The van der Waals surface area contributed by atoms with Crippen LogP contribution in [0.15, 0.2) is 61.9 Å². The number of ether oxygens (including phenoxy) is 3. The summed E-state index contributed by atoms with van der Waals surface area (Å²) in [6.45, 7) is 12.3. The van der Waals surface area contributed by atoms with Gasteiger partial charge in [-0.15, -0.1) is 0 Å². The molecule has 186 valence electrons. The molecule has 2 aromatic carbocycles. The van der Waals surface area contributed by atoms with Gasteiger partial charge in [0.25, 0.3) is 0 Å². The molecule has 1 aliphatic rings. The summed E-state index contributed by atoms with van der Waals surface area (Å²) in [6.07, 6.45) is 6.73. The first-order valence-corrected chi connectivity index (χ1v) is 12.3. The van der Waals surface area contributed by atoms with E-state index in [2.05, 4.69) is 62.8 Å². The molecule has 1 aliphatic carbocycles. The Hall–Kier alpha value is -3.73. The molecule has 0 heterocycles. The molecule has 0 spiro atoms. The van der Waals surface area contributed by atoms with Gasteiger partial charge in [-0.25, -0.2) is 4.79 Å². The molecule has 0 unspecified atom stereocenters. The van der Waals surface area contributed by atoms with Crippen LogP contribution < -0.4 is 0 Å². The van der Waals surface area contributed by atoms with Gasteiger partial charge in [0.05, 0.1) is 19.5 Å². The Bertz CT molecular complexity index is 1150. The van der Waals surface area contributed by atoms with Crippen LogP contribution in [0.3, 0.4) is 0 Å². The van der Waals surface area contributed by atoms with E-state index in [9.17, 15) is 4.79 Å². The molecular formula is C32H34O4. The van der Waals surface area contributed by atoms with E-state index in [0.29, 0.717) is 25.0 Å². The summed E-state index contributed by atoms with van der Waals surface area (Å²) in [6, 6.07) is 12.3. The third-order valence-corrected chi connectivity index (χ3v) is 6.25. The number of esters is 1. The summed E-state index contributed by atoms with van der Waals surface area (Å²) in [5, 5.41) is 0. The number of carbonyl (C=O) groups is 1. The van der Waals surface area contributed by atoms with E-state index in [0.717, 1.165) is 59.1 Å². The Morgan fingerprint density at radius 1 is 0.972 bits per heavy atom. The highest BCUT2D eigenvalue weighted by Gasteiger charge is 2.20. The van der Waals surface area contributed by atoms with E-state index in [1.165, 1.54) is 12.3 Å². The minimum absolute atomic E-state index is 0.195. The van der Waals surface area contributed by atoms with Gasteiger partial charge in [0.2, 0.25) is 0 Å². The van der Waals surface area contributed by atoms with Crippen LogP contribution >= 0.6 is 0 Å². The van der Waals surface area contributed by atoms with Crippen LogP contribution in [0, 0.1) is 49.4 Å². The fourth-order valence-electron chi connectivity index (χ4n) is 4.23. The second-order valence-corrected chi connectivity index (χ2v) is 9.05. The van der Waals surface area contributed by atoms with E-state index in [1.54, 1.807) is 0 Å². The molecule has 0 saturated heterocycles. The molecule has 0 atom stereocenters. The Kier molecular flexibility index (Phi) is 10.4. The summed E-state index contributed by atoms with van der Waals surface area (Å²) in [5.41, 5.74) is 6.36. The van der Waals surface area contributed by atoms with Gasteiger partial charge in [-0.05, 0) is 86.4 Å². The molecule has 1 fully saturated rings. The van der Waals surface area contributed by atoms with Gasteiger partial charge < -0.3 is 14.2 Å². The average Bonchev–Trinajstić information content (AvgIpc) is 2.89. The maximum absolute atomic E-state index is 11.3. The van der Waals surface area contributed by atoms with E-state index in [-0.39, 0.29) is 12.8 Å². The number of rotatable bonds is 8. The molecule has 0 radical (unpaired) electrons. The highest BCUT2D eigenvalue weighted by molar-refractivity contribution is 5.81. The van der Waals surface area contributed by atoms with E-state index in [1.807, 2.05) is 24.3 Å². The summed E-state index contributed by atoms with van der Waals surface area (Å²) < 4.78 is 15.5. The molecule has 2 aromatic rings. The lowest BCUT2D eigenvalue weighted by Gasteiger charge is -2.25. The minimum atomic E-state index is -0.342. The molecule has 0 N–H and O–H groups in total. The third kappa shape index (κ3) is 8.49. The zero-order valence-corrected chi connectivity index (χ0v) is 21.3. The predicted octanol–water partition coefficient (Wildman–Crippen LogP) is 6.22. The molecular weight excluding hydrogens is 448 g/mol. The Labute approximate surface area is 215 Å². The maximum atomic E-state index is 11.3. The number of benzene rings is 2. The summed E-state index contributed by atoms with van der Waals surface area (Å²) in [5.74, 6) is 13.9. The van der Waals surface area contributed by atoms with Gasteiger partial charge in [-0.2, -0.15) is 0 Å². The van der Waals surface area contributed by atoms with Crippen molar-refractivity contribution in [1.29, 1.82) is 0 Å². The highest BCUT2D eigenvalue weighted by Crippen LogP contribution is 2.28. The van der Waals surface area contributed by atoms with Crippen molar-refractivity contribution >= 4 is 5.97 Å². The lowest BCUT2D eigenvalue weighted by Crippen LogP contribution is -2.19. The van der Waals surface area contributed by atoms with Gasteiger partial charge in [-0.3, -0.25) is 0 Å². The monoisotopic (exact) mass is 482 g/mol. The zero-order chi connectivity index (χ0) is 25.8. The number of hydrogen-bond acceptors (Lipinski definition) is 4. The molecule has 0 aliphatic heterocycles. The van der Waals surface area contributed by atoms with Crippen molar-refractivity contribution in [2.75, 3.05) is 13.4 Å². The molecule has 3 rings (SSSR count). The van der Waals surface area contributed by atoms with Gasteiger partial charge in [-0.1, -0.05) is 49.0 Å². The smallest absolute Gasteiger partial charge is 0.330 e. The van der Waals surface area contributed by atoms with Gasteiger partial charge in [0.15, 0.2) is 6.79 Å². The predicted molar refractivity (Wildman–Crippen MR) is 143 cm³/mol. The summed E-state index contributed by atoms with van der Waals surface area (Å²) in [7, 11) is 0. The molecule has 1 saturated carbocycles. The zero-order valence-electron chi connectivity index (χ0n) is 21.3. The van der Waals surface area contributed by atoms with Gasteiger partial charge in [0.1, 0.15) is 0 Å². The third-order valence-electron chi connectivity index (χ3n) is 6.25.